The maximum absolute atomic E-state index is 13.3. The summed E-state index contributed by atoms with van der Waals surface area (Å²) in [5, 5.41) is 0.417. The van der Waals surface area contributed by atoms with E-state index in [0.29, 0.717) is 27.9 Å². The molecule has 1 aromatic heterocycles. The molecule has 0 fully saturated rings. The van der Waals surface area contributed by atoms with Crippen LogP contribution in [0.1, 0.15) is 15.9 Å². The van der Waals surface area contributed by atoms with Gasteiger partial charge in [-0.25, -0.2) is 0 Å². The van der Waals surface area contributed by atoms with E-state index in [9.17, 15) is 9.59 Å². The number of carbonyl (C=O) groups excluding carboxylic acids is 1. The average Bonchev–Trinajstić information content (AvgIpc) is 2.89. The van der Waals surface area contributed by atoms with Gasteiger partial charge in [-0.05, 0) is 35.7 Å². The Morgan fingerprint density at radius 3 is 2.06 bits per heavy atom. The van der Waals surface area contributed by atoms with E-state index in [1.165, 1.54) is 0 Å². The molecular formula is C30H22O4. The van der Waals surface area contributed by atoms with Crippen molar-refractivity contribution in [1.82, 2.24) is 0 Å². The van der Waals surface area contributed by atoms with Crippen LogP contribution in [0.3, 0.4) is 0 Å². The molecule has 5 aromatic rings. The molecule has 0 atom stereocenters. The summed E-state index contributed by atoms with van der Waals surface area (Å²) in [7, 11) is 0. The fourth-order valence-electron chi connectivity index (χ4n) is 3.89. The molecule has 0 aliphatic heterocycles. The number of hydrogen-bond acceptors (Lipinski definition) is 4. The summed E-state index contributed by atoms with van der Waals surface area (Å²) in [6, 6.07) is 32.0. The molecule has 1 heterocycles. The third-order valence-electron chi connectivity index (χ3n) is 5.70. The Bertz CT molecular complexity index is 1520. The molecule has 4 heteroatoms. The molecule has 0 radical (unpaired) electrons. The van der Waals surface area contributed by atoms with Crippen molar-refractivity contribution in [2.75, 3.05) is 6.61 Å². The van der Waals surface area contributed by atoms with Gasteiger partial charge in [0.25, 0.3) is 0 Å². The monoisotopic (exact) mass is 446 g/mol. The topological polar surface area (TPSA) is 56.5 Å². The molecule has 34 heavy (non-hydrogen) atoms. The lowest BCUT2D eigenvalue weighted by Gasteiger charge is -2.12. The van der Waals surface area contributed by atoms with Crippen molar-refractivity contribution in [3.05, 3.63) is 124 Å². The number of ketones is 1. The second-order valence-electron chi connectivity index (χ2n) is 8.11. The van der Waals surface area contributed by atoms with Crippen LogP contribution in [0.2, 0.25) is 0 Å². The standard InChI is InChI=1S/C30H22O4/c1-20-12-17-25-27(18-20)34-29(24-10-6-3-7-11-24)30(28(25)32)33-19-26(31)23-15-13-22(14-16-23)21-8-4-2-5-9-21/h2-18H,19H2,1H3. The Labute approximate surface area is 197 Å². The third-order valence-corrected chi connectivity index (χ3v) is 5.70. The van der Waals surface area contributed by atoms with E-state index in [2.05, 4.69) is 0 Å². The zero-order valence-electron chi connectivity index (χ0n) is 18.7. The van der Waals surface area contributed by atoms with Crippen molar-refractivity contribution >= 4 is 16.8 Å². The Kier molecular flexibility index (Phi) is 5.79. The molecule has 0 aliphatic carbocycles. The van der Waals surface area contributed by atoms with Crippen LogP contribution >= 0.6 is 0 Å². The predicted molar refractivity (Wildman–Crippen MR) is 134 cm³/mol. The van der Waals surface area contributed by atoms with Crippen LogP contribution in [0.25, 0.3) is 33.4 Å². The highest BCUT2D eigenvalue weighted by Gasteiger charge is 2.19. The lowest BCUT2D eigenvalue weighted by atomic mass is 10.0. The van der Waals surface area contributed by atoms with Crippen molar-refractivity contribution in [2.45, 2.75) is 6.92 Å². The lowest BCUT2D eigenvalue weighted by Crippen LogP contribution is -2.17. The van der Waals surface area contributed by atoms with Crippen LogP contribution in [-0.2, 0) is 0 Å². The summed E-state index contributed by atoms with van der Waals surface area (Å²) in [6.07, 6.45) is 0. The molecule has 4 nitrogen and oxygen atoms in total. The molecule has 0 saturated carbocycles. The lowest BCUT2D eigenvalue weighted by molar-refractivity contribution is 0.0920. The van der Waals surface area contributed by atoms with Gasteiger partial charge in [0.1, 0.15) is 5.58 Å². The van der Waals surface area contributed by atoms with Crippen LogP contribution in [0, 0.1) is 6.92 Å². The maximum atomic E-state index is 13.3. The second kappa shape index (κ2) is 9.20. The van der Waals surface area contributed by atoms with Crippen LogP contribution < -0.4 is 10.2 Å². The Morgan fingerprint density at radius 1 is 0.765 bits per heavy atom. The first-order chi connectivity index (χ1) is 16.6. The van der Waals surface area contributed by atoms with Gasteiger partial charge in [0.2, 0.25) is 11.2 Å². The molecule has 0 spiro atoms. The number of rotatable bonds is 6. The highest BCUT2D eigenvalue weighted by molar-refractivity contribution is 5.97. The Hall–Kier alpha value is -4.44. The molecule has 5 rings (SSSR count). The highest BCUT2D eigenvalue weighted by atomic mass is 16.5. The van der Waals surface area contributed by atoms with Crippen molar-refractivity contribution < 1.29 is 13.9 Å². The number of ether oxygens (including phenoxy) is 1. The largest absolute Gasteiger partial charge is 0.478 e. The molecule has 0 N–H and O–H groups in total. The van der Waals surface area contributed by atoms with Crippen molar-refractivity contribution in [3.8, 4) is 28.2 Å². The zero-order valence-corrected chi connectivity index (χ0v) is 18.7. The van der Waals surface area contributed by atoms with Gasteiger partial charge in [0.15, 0.2) is 18.2 Å². The van der Waals surface area contributed by atoms with Gasteiger partial charge in [0.05, 0.1) is 5.39 Å². The minimum Gasteiger partial charge on any atom is -0.478 e. The predicted octanol–water partition coefficient (Wildman–Crippen LogP) is 6.70. The SMILES string of the molecule is Cc1ccc2c(=O)c(OCC(=O)c3ccc(-c4ccccc4)cc3)c(-c3ccccc3)oc2c1. The second-order valence-corrected chi connectivity index (χ2v) is 8.11. The smallest absolute Gasteiger partial charge is 0.235 e. The quantitative estimate of drug-likeness (QED) is 0.273. The van der Waals surface area contributed by atoms with Crippen LogP contribution in [0.15, 0.2) is 112 Å². The first-order valence-electron chi connectivity index (χ1n) is 11.0. The molecule has 166 valence electrons. The van der Waals surface area contributed by atoms with Crippen molar-refractivity contribution in [3.63, 3.8) is 0 Å². The number of benzene rings is 4. The summed E-state index contributed by atoms with van der Waals surface area (Å²) in [6.45, 7) is 1.67. The van der Waals surface area contributed by atoms with Gasteiger partial charge in [0, 0.05) is 11.1 Å². The summed E-state index contributed by atoms with van der Waals surface area (Å²) in [5.41, 5.74) is 4.49. The number of hydrogen-bond donors (Lipinski definition) is 0. The molecule has 0 unspecified atom stereocenters. The van der Waals surface area contributed by atoms with E-state index in [1.807, 2.05) is 91.9 Å². The minimum atomic E-state index is -0.299. The molecule has 0 saturated heterocycles. The van der Waals surface area contributed by atoms with Gasteiger partial charge in [-0.1, -0.05) is 91.0 Å². The number of fused-ring (bicyclic) bond motifs is 1. The van der Waals surface area contributed by atoms with Gasteiger partial charge in [-0.2, -0.15) is 0 Å². The first-order valence-corrected chi connectivity index (χ1v) is 11.0. The van der Waals surface area contributed by atoms with Crippen LogP contribution in [0.4, 0.5) is 0 Å². The first kappa shape index (κ1) is 21.4. The van der Waals surface area contributed by atoms with E-state index < -0.39 is 0 Å². The summed E-state index contributed by atoms with van der Waals surface area (Å²) in [5.74, 6) is 0.134. The third kappa shape index (κ3) is 4.26. The van der Waals surface area contributed by atoms with E-state index in [1.54, 1.807) is 18.2 Å². The highest BCUT2D eigenvalue weighted by Crippen LogP contribution is 2.31. The van der Waals surface area contributed by atoms with Gasteiger partial charge >= 0.3 is 0 Å². The van der Waals surface area contributed by atoms with Crippen LogP contribution in [-0.4, -0.2) is 12.4 Å². The van der Waals surface area contributed by atoms with E-state index >= 15 is 0 Å². The summed E-state index contributed by atoms with van der Waals surface area (Å²) >= 11 is 0. The Balaban J connectivity index is 1.45. The van der Waals surface area contributed by atoms with E-state index in [4.69, 9.17) is 9.15 Å². The van der Waals surface area contributed by atoms with Crippen molar-refractivity contribution in [1.29, 1.82) is 0 Å². The molecule has 0 amide bonds. The summed E-state index contributed by atoms with van der Waals surface area (Å²) in [4.78, 5) is 26.2. The van der Waals surface area contributed by atoms with Gasteiger partial charge < -0.3 is 9.15 Å². The number of Topliss-reactive ketones (excluding diaryl/α,β-unsaturated/α-hetero) is 1. The average molecular weight is 447 g/mol. The van der Waals surface area contributed by atoms with Crippen LogP contribution in [0.5, 0.6) is 5.75 Å². The number of carbonyl (C=O) groups is 1. The fourth-order valence-corrected chi connectivity index (χ4v) is 3.89. The van der Waals surface area contributed by atoms with E-state index in [0.717, 1.165) is 16.7 Å². The zero-order chi connectivity index (χ0) is 23.5. The molecule has 4 aromatic carbocycles. The van der Waals surface area contributed by atoms with Gasteiger partial charge in [-0.15, -0.1) is 0 Å². The molecule has 0 bridgehead atoms. The summed E-state index contributed by atoms with van der Waals surface area (Å²) < 4.78 is 11.9. The van der Waals surface area contributed by atoms with Crippen molar-refractivity contribution in [2.24, 2.45) is 0 Å². The van der Waals surface area contributed by atoms with E-state index in [-0.39, 0.29) is 23.6 Å². The van der Waals surface area contributed by atoms with Gasteiger partial charge in [-0.3, -0.25) is 9.59 Å². The molecule has 0 aliphatic rings. The minimum absolute atomic E-state index is 0.0387. The molecular weight excluding hydrogens is 424 g/mol. The number of aryl methyl sites for hydroxylation is 1. The maximum Gasteiger partial charge on any atom is 0.235 e. The Morgan fingerprint density at radius 2 is 1.38 bits per heavy atom. The normalized spacial score (nSPS) is 10.9. The fraction of sp³-hybridized carbons (Fsp3) is 0.0667.